The van der Waals surface area contributed by atoms with Gasteiger partial charge in [-0.25, -0.2) is 0 Å². The molecular weight excluding hydrogens is 286 g/mol. The van der Waals surface area contributed by atoms with E-state index < -0.39 is 0 Å². The van der Waals surface area contributed by atoms with E-state index in [2.05, 4.69) is 13.0 Å². The van der Waals surface area contributed by atoms with E-state index in [0.717, 1.165) is 30.6 Å². The Morgan fingerprint density at radius 3 is 2.22 bits per heavy atom. The van der Waals surface area contributed by atoms with Crippen LogP contribution < -0.4 is 0 Å². The van der Waals surface area contributed by atoms with Crippen LogP contribution in [-0.2, 0) is 9.47 Å². The molecule has 23 heavy (non-hydrogen) atoms. The number of benzene rings is 1. The predicted octanol–water partition coefficient (Wildman–Crippen LogP) is 4.83. The summed E-state index contributed by atoms with van der Waals surface area (Å²) in [6.07, 6.45) is 7.88. The van der Waals surface area contributed by atoms with Crippen molar-refractivity contribution in [2.75, 3.05) is 13.2 Å². The average Bonchev–Trinajstić information content (AvgIpc) is 2.63. The van der Waals surface area contributed by atoms with Crippen molar-refractivity contribution in [3.05, 3.63) is 35.4 Å². The number of hydrogen-bond donors (Lipinski definition) is 0. The van der Waals surface area contributed by atoms with Crippen LogP contribution in [0.1, 0.15) is 62.9 Å². The molecule has 1 saturated carbocycles. The molecule has 0 aromatic heterocycles. The second-order valence-electron chi connectivity index (χ2n) is 7.06. The van der Waals surface area contributed by atoms with Gasteiger partial charge in [0.2, 0.25) is 0 Å². The van der Waals surface area contributed by atoms with Crippen molar-refractivity contribution in [3.8, 4) is 6.07 Å². The lowest BCUT2D eigenvalue weighted by Crippen LogP contribution is -2.34. The van der Waals surface area contributed by atoms with Crippen LogP contribution in [0.25, 0.3) is 0 Å². The van der Waals surface area contributed by atoms with Crippen molar-refractivity contribution in [1.29, 1.82) is 5.26 Å². The summed E-state index contributed by atoms with van der Waals surface area (Å²) >= 11 is 0. The maximum atomic E-state index is 8.86. The summed E-state index contributed by atoms with van der Waals surface area (Å²) in [5.74, 6) is 2.27. The molecule has 0 N–H and O–H groups in total. The smallest absolute Gasteiger partial charge is 0.183 e. The van der Waals surface area contributed by atoms with Gasteiger partial charge in [-0.15, -0.1) is 0 Å². The third kappa shape index (κ3) is 4.13. The molecule has 2 fully saturated rings. The van der Waals surface area contributed by atoms with E-state index in [1.165, 1.54) is 38.5 Å². The molecule has 1 aromatic rings. The summed E-state index contributed by atoms with van der Waals surface area (Å²) in [5, 5.41) is 8.86. The van der Waals surface area contributed by atoms with Gasteiger partial charge in [0.1, 0.15) is 0 Å². The minimum atomic E-state index is -0.268. The summed E-state index contributed by atoms with van der Waals surface area (Å²) in [4.78, 5) is 0. The normalized spacial score (nSPS) is 31.5. The Labute approximate surface area is 139 Å². The zero-order chi connectivity index (χ0) is 16.1. The molecule has 1 heterocycles. The average molecular weight is 313 g/mol. The van der Waals surface area contributed by atoms with E-state index in [-0.39, 0.29) is 6.29 Å². The lowest BCUT2D eigenvalue weighted by atomic mass is 9.75. The van der Waals surface area contributed by atoms with Crippen LogP contribution in [0.4, 0.5) is 0 Å². The van der Waals surface area contributed by atoms with Crippen molar-refractivity contribution in [2.45, 2.75) is 51.7 Å². The number of nitrogens with zero attached hydrogens (tertiary/aromatic N) is 1. The number of hydrogen-bond acceptors (Lipinski definition) is 3. The van der Waals surface area contributed by atoms with Gasteiger partial charge in [0.05, 0.1) is 24.8 Å². The molecule has 1 aromatic carbocycles. The molecule has 3 nitrogen and oxygen atoms in total. The molecule has 0 bridgehead atoms. The molecule has 3 heteroatoms. The van der Waals surface area contributed by atoms with E-state index >= 15 is 0 Å². The maximum absolute atomic E-state index is 8.86. The summed E-state index contributed by atoms with van der Waals surface area (Å²) in [5.41, 5.74) is 1.68. The quantitative estimate of drug-likeness (QED) is 0.800. The molecule has 124 valence electrons. The molecule has 0 unspecified atom stereocenters. The molecular formula is C20H27NO2. The lowest BCUT2D eigenvalue weighted by Gasteiger charge is -2.37. The summed E-state index contributed by atoms with van der Waals surface area (Å²) in [6.45, 7) is 3.89. The molecule has 2 aliphatic rings. The Morgan fingerprint density at radius 1 is 1.00 bits per heavy atom. The number of nitriles is 1. The third-order valence-electron chi connectivity index (χ3n) is 5.49. The van der Waals surface area contributed by atoms with Crippen molar-refractivity contribution in [1.82, 2.24) is 0 Å². The topological polar surface area (TPSA) is 42.2 Å². The second-order valence-corrected chi connectivity index (χ2v) is 7.06. The first kappa shape index (κ1) is 16.5. The molecule has 0 atom stereocenters. The molecule has 0 amide bonds. The highest BCUT2D eigenvalue weighted by atomic mass is 16.7. The standard InChI is InChI=1S/C20H27NO2/c1-2-3-15-4-8-17(9-5-15)19-13-22-20(23-14-19)18-10-6-16(12-21)7-11-18/h6-7,10-11,15,17,19-20H,2-5,8-9,13-14H2,1H3/t15-,17-,19?,20?. The van der Waals surface area contributed by atoms with Crippen LogP contribution in [0, 0.1) is 29.1 Å². The number of ether oxygens (including phenoxy) is 2. The Hall–Kier alpha value is -1.37. The van der Waals surface area contributed by atoms with Gasteiger partial charge in [0.25, 0.3) is 0 Å². The van der Waals surface area contributed by atoms with Crippen molar-refractivity contribution >= 4 is 0 Å². The van der Waals surface area contributed by atoms with E-state index in [1.807, 2.05) is 24.3 Å². The molecule has 1 aliphatic heterocycles. The fraction of sp³-hybridized carbons (Fsp3) is 0.650. The van der Waals surface area contributed by atoms with Crippen LogP contribution in [0.3, 0.4) is 0 Å². The van der Waals surface area contributed by atoms with Gasteiger partial charge in [-0.3, -0.25) is 0 Å². The minimum Gasteiger partial charge on any atom is -0.348 e. The fourth-order valence-corrected chi connectivity index (χ4v) is 4.05. The van der Waals surface area contributed by atoms with Gasteiger partial charge in [-0.1, -0.05) is 44.7 Å². The Morgan fingerprint density at radius 2 is 1.65 bits per heavy atom. The largest absolute Gasteiger partial charge is 0.348 e. The van der Waals surface area contributed by atoms with Gasteiger partial charge in [-0.2, -0.15) is 5.26 Å². The zero-order valence-corrected chi connectivity index (χ0v) is 14.0. The Kier molecular flexibility index (Phi) is 5.70. The first-order chi connectivity index (χ1) is 11.3. The van der Waals surface area contributed by atoms with Gasteiger partial charge in [-0.05, 0) is 36.8 Å². The van der Waals surface area contributed by atoms with E-state index in [4.69, 9.17) is 14.7 Å². The molecule has 3 rings (SSSR count). The second kappa shape index (κ2) is 7.95. The summed E-state index contributed by atoms with van der Waals surface area (Å²) in [7, 11) is 0. The molecule has 0 spiro atoms. The lowest BCUT2D eigenvalue weighted by molar-refractivity contribution is -0.214. The first-order valence-electron chi connectivity index (χ1n) is 9.03. The summed E-state index contributed by atoms with van der Waals surface area (Å²) < 4.78 is 11.9. The SMILES string of the molecule is CCC[C@H]1CC[C@H](C2COC(c3ccc(C#N)cc3)OC2)CC1. The van der Waals surface area contributed by atoms with Crippen LogP contribution in [-0.4, -0.2) is 13.2 Å². The molecule has 1 aliphatic carbocycles. The van der Waals surface area contributed by atoms with Gasteiger partial charge in [0.15, 0.2) is 6.29 Å². The molecule has 0 radical (unpaired) electrons. The zero-order valence-electron chi connectivity index (χ0n) is 14.0. The monoisotopic (exact) mass is 313 g/mol. The van der Waals surface area contributed by atoms with E-state index in [0.29, 0.717) is 11.5 Å². The van der Waals surface area contributed by atoms with Crippen molar-refractivity contribution in [3.63, 3.8) is 0 Å². The highest BCUT2D eigenvalue weighted by molar-refractivity contribution is 5.32. The van der Waals surface area contributed by atoms with Gasteiger partial charge < -0.3 is 9.47 Å². The highest BCUT2D eigenvalue weighted by Crippen LogP contribution is 2.38. The molecule has 1 saturated heterocycles. The van der Waals surface area contributed by atoms with E-state index in [1.54, 1.807) is 0 Å². The Bertz CT molecular complexity index is 518. The highest BCUT2D eigenvalue weighted by Gasteiger charge is 2.32. The summed E-state index contributed by atoms with van der Waals surface area (Å²) in [6, 6.07) is 9.64. The first-order valence-corrected chi connectivity index (χ1v) is 9.03. The van der Waals surface area contributed by atoms with Gasteiger partial charge >= 0.3 is 0 Å². The van der Waals surface area contributed by atoms with Gasteiger partial charge in [0, 0.05) is 11.5 Å². The van der Waals surface area contributed by atoms with Crippen molar-refractivity contribution < 1.29 is 9.47 Å². The van der Waals surface area contributed by atoms with Crippen LogP contribution in [0.15, 0.2) is 24.3 Å². The minimum absolute atomic E-state index is 0.268. The van der Waals surface area contributed by atoms with E-state index in [9.17, 15) is 0 Å². The van der Waals surface area contributed by atoms with Crippen molar-refractivity contribution in [2.24, 2.45) is 17.8 Å². The van der Waals surface area contributed by atoms with Crippen LogP contribution in [0.5, 0.6) is 0 Å². The predicted molar refractivity (Wildman–Crippen MR) is 89.6 cm³/mol. The third-order valence-corrected chi connectivity index (χ3v) is 5.49. The number of rotatable bonds is 4. The fourth-order valence-electron chi connectivity index (χ4n) is 4.05. The Balaban J connectivity index is 1.48. The van der Waals surface area contributed by atoms with Crippen LogP contribution in [0.2, 0.25) is 0 Å². The maximum Gasteiger partial charge on any atom is 0.183 e. The van der Waals surface area contributed by atoms with Crippen LogP contribution >= 0.6 is 0 Å².